The van der Waals surface area contributed by atoms with Crippen LogP contribution in [0.25, 0.3) is 0 Å². The molecular formula is C9H11N5O. The Morgan fingerprint density at radius 3 is 3.07 bits per heavy atom. The van der Waals surface area contributed by atoms with Crippen LogP contribution < -0.4 is 0 Å². The van der Waals surface area contributed by atoms with E-state index in [2.05, 4.69) is 20.3 Å². The van der Waals surface area contributed by atoms with Gasteiger partial charge in [0.15, 0.2) is 11.6 Å². The molecule has 6 heteroatoms. The molecule has 2 aromatic rings. The maximum absolute atomic E-state index is 11.5. The normalized spacial score (nSPS) is 10.5. The summed E-state index contributed by atoms with van der Waals surface area (Å²) in [4.78, 5) is 15.3. The van der Waals surface area contributed by atoms with Gasteiger partial charge >= 0.3 is 0 Å². The number of Topliss-reactive ketones (excluding diaryl/α,β-unsaturated/α-hetero) is 1. The molecule has 0 aliphatic rings. The predicted molar refractivity (Wildman–Crippen MR) is 52.2 cm³/mol. The fourth-order valence-electron chi connectivity index (χ4n) is 1.32. The van der Waals surface area contributed by atoms with E-state index in [0.717, 1.165) is 5.56 Å². The van der Waals surface area contributed by atoms with E-state index in [1.807, 2.05) is 13.2 Å². The minimum Gasteiger partial charge on any atom is -0.291 e. The van der Waals surface area contributed by atoms with Crippen LogP contribution in [-0.4, -0.2) is 30.7 Å². The van der Waals surface area contributed by atoms with Gasteiger partial charge in [-0.05, 0) is 12.0 Å². The molecule has 0 aromatic carbocycles. The van der Waals surface area contributed by atoms with Crippen LogP contribution in [0.5, 0.6) is 0 Å². The highest BCUT2D eigenvalue weighted by Gasteiger charge is 2.09. The molecule has 0 unspecified atom stereocenters. The minimum atomic E-state index is -0.0312. The van der Waals surface area contributed by atoms with Crippen molar-refractivity contribution in [2.45, 2.75) is 12.8 Å². The number of aromatic amines is 1. The summed E-state index contributed by atoms with van der Waals surface area (Å²) in [5, 5.41) is 10.2. The van der Waals surface area contributed by atoms with E-state index in [4.69, 9.17) is 0 Å². The standard InChI is InChI=1S/C9H11N5O/c1-14-5-7(4-12-14)2-3-8(15)9-10-6-11-13-9/h4-6H,2-3H2,1H3,(H,10,11,13). The Hall–Kier alpha value is -1.98. The van der Waals surface area contributed by atoms with Gasteiger partial charge in [-0.3, -0.25) is 14.6 Å². The van der Waals surface area contributed by atoms with Crippen LogP contribution in [0.2, 0.25) is 0 Å². The Morgan fingerprint density at radius 2 is 2.47 bits per heavy atom. The third kappa shape index (κ3) is 2.28. The van der Waals surface area contributed by atoms with Crippen molar-refractivity contribution in [3.8, 4) is 0 Å². The van der Waals surface area contributed by atoms with Crippen LogP contribution >= 0.6 is 0 Å². The molecule has 6 nitrogen and oxygen atoms in total. The SMILES string of the molecule is Cn1cc(CCC(=O)c2ncn[nH]2)cn1. The monoisotopic (exact) mass is 205 g/mol. The van der Waals surface area contributed by atoms with Crippen molar-refractivity contribution in [3.63, 3.8) is 0 Å². The lowest BCUT2D eigenvalue weighted by atomic mass is 10.1. The van der Waals surface area contributed by atoms with Crippen LogP contribution in [0.15, 0.2) is 18.7 Å². The second kappa shape index (κ2) is 4.04. The van der Waals surface area contributed by atoms with Crippen molar-refractivity contribution in [1.29, 1.82) is 0 Å². The summed E-state index contributed by atoms with van der Waals surface area (Å²) < 4.78 is 1.72. The smallest absolute Gasteiger partial charge is 0.199 e. The molecule has 0 amide bonds. The molecular weight excluding hydrogens is 194 g/mol. The van der Waals surface area contributed by atoms with Crippen molar-refractivity contribution in [2.24, 2.45) is 7.05 Å². The number of rotatable bonds is 4. The van der Waals surface area contributed by atoms with Crippen LogP contribution in [0.1, 0.15) is 22.6 Å². The molecule has 0 atom stereocenters. The zero-order chi connectivity index (χ0) is 10.7. The average Bonchev–Trinajstić information content (AvgIpc) is 2.84. The van der Waals surface area contributed by atoms with Gasteiger partial charge in [-0.1, -0.05) is 0 Å². The van der Waals surface area contributed by atoms with Gasteiger partial charge in [-0.2, -0.15) is 10.2 Å². The number of carbonyl (C=O) groups is 1. The van der Waals surface area contributed by atoms with Gasteiger partial charge in [0.1, 0.15) is 6.33 Å². The highest BCUT2D eigenvalue weighted by atomic mass is 16.1. The van der Waals surface area contributed by atoms with Crippen LogP contribution in [0.4, 0.5) is 0 Å². The average molecular weight is 205 g/mol. The van der Waals surface area contributed by atoms with Crippen molar-refractivity contribution in [1.82, 2.24) is 25.0 Å². The zero-order valence-corrected chi connectivity index (χ0v) is 8.34. The molecule has 78 valence electrons. The van der Waals surface area contributed by atoms with Crippen LogP contribution in [-0.2, 0) is 13.5 Å². The number of aryl methyl sites for hydroxylation is 2. The lowest BCUT2D eigenvalue weighted by molar-refractivity contribution is 0.0973. The largest absolute Gasteiger partial charge is 0.291 e. The molecule has 2 heterocycles. The lowest BCUT2D eigenvalue weighted by Gasteiger charge is -1.94. The fraction of sp³-hybridized carbons (Fsp3) is 0.333. The second-order valence-electron chi connectivity index (χ2n) is 3.28. The zero-order valence-electron chi connectivity index (χ0n) is 8.34. The molecule has 15 heavy (non-hydrogen) atoms. The summed E-state index contributed by atoms with van der Waals surface area (Å²) in [6.45, 7) is 0. The third-order valence-corrected chi connectivity index (χ3v) is 2.08. The van der Waals surface area contributed by atoms with E-state index in [0.29, 0.717) is 18.7 Å². The number of hydrogen-bond donors (Lipinski definition) is 1. The summed E-state index contributed by atoms with van der Waals surface area (Å²) in [5.74, 6) is 0.287. The first-order valence-electron chi connectivity index (χ1n) is 4.62. The lowest BCUT2D eigenvalue weighted by Crippen LogP contribution is -2.03. The van der Waals surface area contributed by atoms with Gasteiger partial charge in [0.25, 0.3) is 0 Å². The molecule has 0 radical (unpaired) electrons. The number of carbonyl (C=O) groups excluding carboxylic acids is 1. The van der Waals surface area contributed by atoms with Crippen molar-refractivity contribution in [3.05, 3.63) is 30.1 Å². The minimum absolute atomic E-state index is 0.0312. The highest BCUT2D eigenvalue weighted by Crippen LogP contribution is 2.03. The maximum atomic E-state index is 11.5. The Balaban J connectivity index is 1.91. The summed E-state index contributed by atoms with van der Waals surface area (Å²) in [7, 11) is 1.85. The van der Waals surface area contributed by atoms with Crippen LogP contribution in [0.3, 0.4) is 0 Å². The molecule has 2 aromatic heterocycles. The van der Waals surface area contributed by atoms with Gasteiger partial charge in [0.05, 0.1) is 6.20 Å². The van der Waals surface area contributed by atoms with E-state index >= 15 is 0 Å². The predicted octanol–water partition coefficient (Wildman–Crippen LogP) is 0.354. The number of ketones is 1. The summed E-state index contributed by atoms with van der Waals surface area (Å²) in [6, 6.07) is 0. The van der Waals surface area contributed by atoms with E-state index in [9.17, 15) is 4.79 Å². The quantitative estimate of drug-likeness (QED) is 0.731. The number of nitrogens with one attached hydrogen (secondary N) is 1. The molecule has 0 spiro atoms. The highest BCUT2D eigenvalue weighted by molar-refractivity contribution is 5.92. The Morgan fingerprint density at radius 1 is 1.60 bits per heavy atom. The van der Waals surface area contributed by atoms with Crippen molar-refractivity contribution < 1.29 is 4.79 Å². The van der Waals surface area contributed by atoms with Gasteiger partial charge in [-0.25, -0.2) is 4.98 Å². The number of hydrogen-bond acceptors (Lipinski definition) is 4. The third-order valence-electron chi connectivity index (χ3n) is 2.08. The van der Waals surface area contributed by atoms with Gasteiger partial charge in [-0.15, -0.1) is 0 Å². The topological polar surface area (TPSA) is 76.5 Å². The molecule has 0 aliphatic heterocycles. The first kappa shape index (κ1) is 9.57. The van der Waals surface area contributed by atoms with E-state index in [-0.39, 0.29) is 5.78 Å². The van der Waals surface area contributed by atoms with E-state index < -0.39 is 0 Å². The Kier molecular flexibility index (Phi) is 2.57. The molecule has 2 rings (SSSR count). The fourth-order valence-corrected chi connectivity index (χ4v) is 1.32. The first-order valence-corrected chi connectivity index (χ1v) is 4.62. The van der Waals surface area contributed by atoms with Gasteiger partial charge in [0.2, 0.25) is 0 Å². The number of nitrogens with zero attached hydrogens (tertiary/aromatic N) is 4. The Labute approximate surface area is 86.3 Å². The molecule has 1 N–H and O–H groups in total. The van der Waals surface area contributed by atoms with Crippen molar-refractivity contribution in [2.75, 3.05) is 0 Å². The summed E-state index contributed by atoms with van der Waals surface area (Å²) >= 11 is 0. The molecule has 0 fully saturated rings. The molecule has 0 saturated heterocycles. The second-order valence-corrected chi connectivity index (χ2v) is 3.28. The summed E-state index contributed by atoms with van der Waals surface area (Å²) in [6.07, 6.45) is 6.08. The van der Waals surface area contributed by atoms with E-state index in [1.54, 1.807) is 10.9 Å². The molecule has 0 aliphatic carbocycles. The maximum Gasteiger partial charge on any atom is 0.199 e. The first-order chi connectivity index (χ1) is 7.25. The Bertz CT molecular complexity index is 445. The summed E-state index contributed by atoms with van der Waals surface area (Å²) in [5.41, 5.74) is 1.05. The van der Waals surface area contributed by atoms with Crippen LogP contribution in [0, 0.1) is 0 Å². The van der Waals surface area contributed by atoms with Gasteiger partial charge in [0, 0.05) is 19.7 Å². The van der Waals surface area contributed by atoms with Gasteiger partial charge < -0.3 is 0 Å². The molecule has 0 bridgehead atoms. The van der Waals surface area contributed by atoms with E-state index in [1.165, 1.54) is 6.33 Å². The molecule has 0 saturated carbocycles. The number of H-pyrrole nitrogens is 1. The number of aromatic nitrogens is 5. The van der Waals surface area contributed by atoms with Crippen molar-refractivity contribution >= 4 is 5.78 Å².